The number of methoxy groups -OCH3 is 1. The smallest absolute Gasteiger partial charge is 0.0645 e. The lowest BCUT2D eigenvalue weighted by atomic mass is 9.85. The van der Waals surface area contributed by atoms with Gasteiger partial charge in [0, 0.05) is 12.6 Å². The summed E-state index contributed by atoms with van der Waals surface area (Å²) in [4.78, 5) is 2.60. The molecule has 0 spiro atoms. The molecule has 0 N–H and O–H groups in total. The summed E-state index contributed by atoms with van der Waals surface area (Å²) in [5, 5.41) is 0. The largest absolute Gasteiger partial charge is 0.379 e. The van der Waals surface area contributed by atoms with E-state index in [9.17, 15) is 0 Å². The Labute approximate surface area is 111 Å². The Morgan fingerprint density at radius 3 is 1.83 bits per heavy atom. The second-order valence-electron chi connectivity index (χ2n) is 6.74. The quantitative estimate of drug-likeness (QED) is 0.767. The molecule has 0 aliphatic carbocycles. The number of nitrogens with zero attached hydrogens (tertiary/aromatic N) is 1. The average molecular weight is 257 g/mol. The third kappa shape index (κ3) is 2.87. The molecule has 2 fully saturated rings. The van der Waals surface area contributed by atoms with Crippen LogP contribution < -0.4 is 0 Å². The second kappa shape index (κ2) is 5.08. The molecule has 0 aromatic rings. The molecule has 2 saturated heterocycles. The van der Waals surface area contributed by atoms with E-state index in [1.54, 1.807) is 7.11 Å². The fourth-order valence-corrected chi connectivity index (χ4v) is 3.59. The minimum absolute atomic E-state index is 0.0996. The van der Waals surface area contributed by atoms with Crippen LogP contribution in [0.15, 0.2) is 0 Å². The first-order valence-electron chi connectivity index (χ1n) is 6.85. The molecule has 0 radical (unpaired) electrons. The summed E-state index contributed by atoms with van der Waals surface area (Å²) in [7, 11) is 1.79. The van der Waals surface area contributed by atoms with E-state index in [0.717, 1.165) is 32.8 Å². The Morgan fingerprint density at radius 1 is 1.00 bits per heavy atom. The van der Waals surface area contributed by atoms with Gasteiger partial charge in [-0.05, 0) is 34.1 Å². The molecular formula is C14H27NO3. The second-order valence-corrected chi connectivity index (χ2v) is 6.74. The maximum absolute atomic E-state index is 5.67. The zero-order valence-corrected chi connectivity index (χ0v) is 12.4. The normalized spacial score (nSPS) is 30.5. The van der Waals surface area contributed by atoms with Crippen LogP contribution in [0, 0.1) is 0 Å². The van der Waals surface area contributed by atoms with Gasteiger partial charge in [-0.2, -0.15) is 0 Å². The third-order valence-electron chi connectivity index (χ3n) is 4.14. The third-order valence-corrected chi connectivity index (χ3v) is 4.14. The Bertz CT molecular complexity index is 269. The highest BCUT2D eigenvalue weighted by atomic mass is 16.5. The number of hydrogen-bond donors (Lipinski definition) is 0. The highest BCUT2D eigenvalue weighted by Gasteiger charge is 2.45. The van der Waals surface area contributed by atoms with E-state index in [1.807, 2.05) is 0 Å². The molecule has 0 saturated carbocycles. The van der Waals surface area contributed by atoms with E-state index in [0.29, 0.717) is 12.1 Å². The zero-order valence-electron chi connectivity index (χ0n) is 12.4. The van der Waals surface area contributed by atoms with Gasteiger partial charge in [0.25, 0.3) is 0 Å². The molecule has 2 rings (SSSR count). The van der Waals surface area contributed by atoms with Crippen molar-refractivity contribution < 1.29 is 14.2 Å². The van der Waals surface area contributed by atoms with Gasteiger partial charge in [-0.15, -0.1) is 0 Å². The van der Waals surface area contributed by atoms with Crippen molar-refractivity contribution in [2.45, 2.75) is 57.3 Å². The molecule has 0 aromatic heterocycles. The van der Waals surface area contributed by atoms with Gasteiger partial charge in [0.05, 0.1) is 44.1 Å². The number of morpholine rings is 2. The zero-order chi connectivity index (χ0) is 13.4. The highest BCUT2D eigenvalue weighted by molar-refractivity contribution is 4.98. The molecule has 2 aliphatic rings. The van der Waals surface area contributed by atoms with E-state index in [1.165, 1.54) is 0 Å². The lowest BCUT2D eigenvalue weighted by Gasteiger charge is -2.54. The summed E-state index contributed by atoms with van der Waals surface area (Å²) in [5.41, 5.74) is -0.000633. The van der Waals surface area contributed by atoms with Crippen LogP contribution in [0.2, 0.25) is 0 Å². The van der Waals surface area contributed by atoms with Crippen LogP contribution in [0.4, 0.5) is 0 Å². The number of ether oxygens (including phenoxy) is 3. The molecule has 0 atom stereocenters. The van der Waals surface area contributed by atoms with Gasteiger partial charge < -0.3 is 14.2 Å². The molecule has 2 heterocycles. The molecule has 18 heavy (non-hydrogen) atoms. The molecule has 0 amide bonds. The molecule has 4 nitrogen and oxygen atoms in total. The van der Waals surface area contributed by atoms with E-state index in [-0.39, 0.29) is 11.1 Å². The van der Waals surface area contributed by atoms with Gasteiger partial charge in [-0.25, -0.2) is 0 Å². The first-order chi connectivity index (χ1) is 8.36. The van der Waals surface area contributed by atoms with Crippen LogP contribution in [0.3, 0.4) is 0 Å². The van der Waals surface area contributed by atoms with Crippen molar-refractivity contribution in [2.75, 3.05) is 33.5 Å². The van der Waals surface area contributed by atoms with Gasteiger partial charge in [0.1, 0.15) is 0 Å². The molecule has 0 aromatic carbocycles. The van der Waals surface area contributed by atoms with Crippen LogP contribution in [-0.4, -0.2) is 61.7 Å². The summed E-state index contributed by atoms with van der Waals surface area (Å²) < 4.78 is 16.9. The fourth-order valence-electron chi connectivity index (χ4n) is 3.59. The van der Waals surface area contributed by atoms with Gasteiger partial charge in [0.2, 0.25) is 0 Å². The van der Waals surface area contributed by atoms with Crippen molar-refractivity contribution in [3.63, 3.8) is 0 Å². The van der Waals surface area contributed by atoms with Crippen LogP contribution in [0.5, 0.6) is 0 Å². The molecule has 106 valence electrons. The van der Waals surface area contributed by atoms with E-state index in [2.05, 4.69) is 32.6 Å². The monoisotopic (exact) mass is 257 g/mol. The SMILES string of the molecule is COC(C)(C)CC(C)(C)N1C2COCC1COC2. The predicted molar refractivity (Wildman–Crippen MR) is 70.8 cm³/mol. The van der Waals surface area contributed by atoms with E-state index >= 15 is 0 Å². The predicted octanol–water partition coefficient (Wildman–Crippen LogP) is 1.68. The lowest BCUT2D eigenvalue weighted by Crippen LogP contribution is -2.67. The summed E-state index contributed by atoms with van der Waals surface area (Å²) in [6, 6.07) is 0.778. The Kier molecular flexibility index (Phi) is 4.02. The number of fused-ring (bicyclic) bond motifs is 2. The minimum Gasteiger partial charge on any atom is -0.379 e. The number of hydrogen-bond acceptors (Lipinski definition) is 4. The number of rotatable bonds is 4. The molecule has 4 heteroatoms. The summed E-state index contributed by atoms with van der Waals surface area (Å²) in [6.45, 7) is 12.1. The molecular weight excluding hydrogens is 230 g/mol. The fraction of sp³-hybridized carbons (Fsp3) is 1.00. The van der Waals surface area contributed by atoms with E-state index in [4.69, 9.17) is 14.2 Å². The van der Waals surface area contributed by atoms with Gasteiger partial charge in [0.15, 0.2) is 0 Å². The highest BCUT2D eigenvalue weighted by Crippen LogP contribution is 2.34. The van der Waals surface area contributed by atoms with E-state index < -0.39 is 0 Å². The van der Waals surface area contributed by atoms with Crippen LogP contribution >= 0.6 is 0 Å². The minimum atomic E-state index is -0.100. The maximum Gasteiger partial charge on any atom is 0.0645 e. The summed E-state index contributed by atoms with van der Waals surface area (Å²) >= 11 is 0. The average Bonchev–Trinajstić information content (AvgIpc) is 2.26. The van der Waals surface area contributed by atoms with Gasteiger partial charge >= 0.3 is 0 Å². The first kappa shape index (κ1) is 14.3. The Hall–Kier alpha value is -0.160. The molecule has 2 aliphatic heterocycles. The van der Waals surface area contributed by atoms with Crippen molar-refractivity contribution in [1.82, 2.24) is 4.90 Å². The van der Waals surface area contributed by atoms with Crippen LogP contribution in [-0.2, 0) is 14.2 Å². The van der Waals surface area contributed by atoms with Crippen LogP contribution in [0.1, 0.15) is 34.1 Å². The van der Waals surface area contributed by atoms with Gasteiger partial charge in [-0.3, -0.25) is 4.90 Å². The topological polar surface area (TPSA) is 30.9 Å². The Balaban J connectivity index is 2.12. The summed E-state index contributed by atoms with van der Waals surface area (Å²) in [6.07, 6.45) is 1.00. The molecule has 0 unspecified atom stereocenters. The van der Waals surface area contributed by atoms with Crippen molar-refractivity contribution in [2.24, 2.45) is 0 Å². The standard InChI is InChI=1S/C14H27NO3/c1-13(2,10-14(3,4)16-5)15-11-6-17-8-12(15)9-18-7-11/h11-12H,6-10H2,1-5H3. The van der Waals surface area contributed by atoms with Crippen LogP contribution in [0.25, 0.3) is 0 Å². The van der Waals surface area contributed by atoms with Crippen molar-refractivity contribution in [3.8, 4) is 0 Å². The molecule has 2 bridgehead atoms. The Morgan fingerprint density at radius 2 is 1.44 bits per heavy atom. The first-order valence-corrected chi connectivity index (χ1v) is 6.85. The summed E-state index contributed by atoms with van der Waals surface area (Å²) in [5.74, 6) is 0. The van der Waals surface area contributed by atoms with Crippen molar-refractivity contribution in [3.05, 3.63) is 0 Å². The maximum atomic E-state index is 5.67. The lowest BCUT2D eigenvalue weighted by molar-refractivity contribution is -0.179. The van der Waals surface area contributed by atoms with Crippen molar-refractivity contribution >= 4 is 0 Å². The van der Waals surface area contributed by atoms with Gasteiger partial charge in [-0.1, -0.05) is 0 Å². The van der Waals surface area contributed by atoms with Crippen molar-refractivity contribution in [1.29, 1.82) is 0 Å².